The first kappa shape index (κ1) is 13.3. The van der Waals surface area contributed by atoms with Crippen LogP contribution in [0, 0.1) is 17.0 Å². The molecule has 0 aliphatic heterocycles. The number of nitro groups is 1. The number of hydrogen-bond acceptors (Lipinski definition) is 3. The zero-order valence-electron chi connectivity index (χ0n) is 9.27. The second-order valence-electron chi connectivity index (χ2n) is 3.61. The van der Waals surface area contributed by atoms with E-state index < -0.39 is 0 Å². The summed E-state index contributed by atoms with van der Waals surface area (Å²) >= 11 is 7.27. The standard InChI is InChI=1S/C11H14ClNO2S/c1-8-3-4-10(7-11(8)13(14)15)16-9(2)5-6-12/h3-4,7,9H,5-6H2,1-2H3. The van der Waals surface area contributed by atoms with Crippen LogP contribution in [0.5, 0.6) is 0 Å². The zero-order valence-corrected chi connectivity index (χ0v) is 10.8. The number of benzene rings is 1. The van der Waals surface area contributed by atoms with Crippen LogP contribution in [0.4, 0.5) is 5.69 Å². The summed E-state index contributed by atoms with van der Waals surface area (Å²) in [7, 11) is 0. The summed E-state index contributed by atoms with van der Waals surface area (Å²) in [6.07, 6.45) is 0.897. The number of thioether (sulfide) groups is 1. The maximum atomic E-state index is 10.8. The van der Waals surface area contributed by atoms with Gasteiger partial charge in [-0.1, -0.05) is 13.0 Å². The van der Waals surface area contributed by atoms with E-state index in [0.29, 0.717) is 16.7 Å². The minimum atomic E-state index is -0.342. The fourth-order valence-electron chi connectivity index (χ4n) is 1.30. The van der Waals surface area contributed by atoms with Crippen molar-refractivity contribution < 1.29 is 4.92 Å². The summed E-state index contributed by atoms with van der Waals surface area (Å²) in [6, 6.07) is 5.33. The van der Waals surface area contributed by atoms with Gasteiger partial charge in [-0.15, -0.1) is 23.4 Å². The predicted octanol–water partition coefficient (Wildman–Crippen LogP) is 4.01. The molecule has 0 spiro atoms. The highest BCUT2D eigenvalue weighted by Crippen LogP contribution is 2.30. The van der Waals surface area contributed by atoms with Gasteiger partial charge < -0.3 is 0 Å². The summed E-state index contributed by atoms with van der Waals surface area (Å²) in [5.74, 6) is 0.613. The van der Waals surface area contributed by atoms with Gasteiger partial charge in [-0.25, -0.2) is 0 Å². The van der Waals surface area contributed by atoms with Crippen molar-refractivity contribution in [1.82, 2.24) is 0 Å². The summed E-state index contributed by atoms with van der Waals surface area (Å²) in [5.41, 5.74) is 0.877. The molecule has 1 unspecified atom stereocenters. The van der Waals surface area contributed by atoms with Crippen LogP contribution in [0.15, 0.2) is 23.1 Å². The molecule has 0 amide bonds. The van der Waals surface area contributed by atoms with Crippen LogP contribution in [-0.2, 0) is 0 Å². The average Bonchev–Trinajstić information content (AvgIpc) is 2.21. The lowest BCUT2D eigenvalue weighted by Crippen LogP contribution is -1.97. The molecule has 1 aromatic rings. The normalized spacial score (nSPS) is 12.4. The highest BCUT2D eigenvalue weighted by atomic mass is 35.5. The Balaban J connectivity index is 2.82. The van der Waals surface area contributed by atoms with Crippen LogP contribution in [0.25, 0.3) is 0 Å². The Morgan fingerprint density at radius 1 is 1.56 bits per heavy atom. The van der Waals surface area contributed by atoms with Crippen molar-refractivity contribution in [3.05, 3.63) is 33.9 Å². The molecular formula is C11H14ClNO2S. The first-order valence-corrected chi connectivity index (χ1v) is 6.43. The Kier molecular flexibility index (Phi) is 5.09. The maximum Gasteiger partial charge on any atom is 0.273 e. The van der Waals surface area contributed by atoms with Crippen molar-refractivity contribution in [1.29, 1.82) is 0 Å². The van der Waals surface area contributed by atoms with Gasteiger partial charge in [-0.3, -0.25) is 10.1 Å². The van der Waals surface area contributed by atoms with Crippen molar-refractivity contribution in [3.8, 4) is 0 Å². The van der Waals surface area contributed by atoms with Gasteiger partial charge in [0, 0.05) is 27.7 Å². The molecule has 1 aromatic carbocycles. The van der Waals surface area contributed by atoms with E-state index >= 15 is 0 Å². The van der Waals surface area contributed by atoms with Crippen LogP contribution in [0.2, 0.25) is 0 Å². The molecule has 88 valence electrons. The fourth-order valence-corrected chi connectivity index (χ4v) is 2.79. The number of nitrogens with zero attached hydrogens (tertiary/aromatic N) is 1. The van der Waals surface area contributed by atoms with Gasteiger partial charge in [-0.05, 0) is 19.4 Å². The van der Waals surface area contributed by atoms with Crippen molar-refractivity contribution in [3.63, 3.8) is 0 Å². The van der Waals surface area contributed by atoms with Gasteiger partial charge in [-0.2, -0.15) is 0 Å². The molecule has 0 aliphatic rings. The molecule has 0 heterocycles. The number of alkyl halides is 1. The molecule has 0 N–H and O–H groups in total. The molecule has 0 radical (unpaired) electrons. The fraction of sp³-hybridized carbons (Fsp3) is 0.455. The molecule has 16 heavy (non-hydrogen) atoms. The molecule has 1 rings (SSSR count). The van der Waals surface area contributed by atoms with E-state index in [2.05, 4.69) is 6.92 Å². The molecule has 5 heteroatoms. The highest BCUT2D eigenvalue weighted by molar-refractivity contribution is 8.00. The van der Waals surface area contributed by atoms with Gasteiger partial charge in [0.1, 0.15) is 0 Å². The predicted molar refractivity (Wildman–Crippen MR) is 68.5 cm³/mol. The second-order valence-corrected chi connectivity index (χ2v) is 5.50. The molecule has 3 nitrogen and oxygen atoms in total. The van der Waals surface area contributed by atoms with E-state index in [4.69, 9.17) is 11.6 Å². The Hall–Kier alpha value is -0.740. The van der Waals surface area contributed by atoms with Crippen LogP contribution in [0.3, 0.4) is 0 Å². The monoisotopic (exact) mass is 259 g/mol. The van der Waals surface area contributed by atoms with Crippen molar-refractivity contribution >= 4 is 29.1 Å². The summed E-state index contributed by atoms with van der Waals surface area (Å²) in [4.78, 5) is 11.3. The van der Waals surface area contributed by atoms with Crippen molar-refractivity contribution in [2.75, 3.05) is 5.88 Å². The maximum absolute atomic E-state index is 10.8. The first-order chi connectivity index (χ1) is 7.54. The topological polar surface area (TPSA) is 43.1 Å². The third-order valence-corrected chi connectivity index (χ3v) is 3.61. The van der Waals surface area contributed by atoms with Crippen LogP contribution in [0.1, 0.15) is 18.9 Å². The Morgan fingerprint density at radius 2 is 2.25 bits per heavy atom. The molecule has 0 bridgehead atoms. The lowest BCUT2D eigenvalue weighted by molar-refractivity contribution is -0.385. The van der Waals surface area contributed by atoms with E-state index in [0.717, 1.165) is 11.3 Å². The van der Waals surface area contributed by atoms with Crippen LogP contribution < -0.4 is 0 Å². The SMILES string of the molecule is Cc1ccc(SC(C)CCCl)cc1[N+](=O)[O-]. The molecule has 0 saturated carbocycles. The minimum Gasteiger partial charge on any atom is -0.258 e. The zero-order chi connectivity index (χ0) is 12.1. The summed E-state index contributed by atoms with van der Waals surface area (Å²) in [6.45, 7) is 3.81. The second kappa shape index (κ2) is 6.11. The van der Waals surface area contributed by atoms with E-state index in [1.165, 1.54) is 0 Å². The third kappa shape index (κ3) is 3.68. The van der Waals surface area contributed by atoms with Crippen molar-refractivity contribution in [2.45, 2.75) is 30.4 Å². The third-order valence-electron chi connectivity index (χ3n) is 2.23. The van der Waals surface area contributed by atoms with Gasteiger partial charge in [0.2, 0.25) is 0 Å². The van der Waals surface area contributed by atoms with Crippen LogP contribution in [-0.4, -0.2) is 16.1 Å². The quantitative estimate of drug-likeness (QED) is 0.347. The number of nitro benzene ring substituents is 1. The van der Waals surface area contributed by atoms with E-state index in [1.54, 1.807) is 30.8 Å². The van der Waals surface area contributed by atoms with Gasteiger partial charge in [0.05, 0.1) is 4.92 Å². The lowest BCUT2D eigenvalue weighted by atomic mass is 10.2. The van der Waals surface area contributed by atoms with E-state index in [1.807, 2.05) is 6.07 Å². The summed E-state index contributed by atoms with van der Waals surface area (Å²) < 4.78 is 0. The lowest BCUT2D eigenvalue weighted by Gasteiger charge is -2.09. The highest BCUT2D eigenvalue weighted by Gasteiger charge is 2.12. The molecule has 0 aliphatic carbocycles. The largest absolute Gasteiger partial charge is 0.273 e. The number of rotatable bonds is 5. The van der Waals surface area contributed by atoms with E-state index in [9.17, 15) is 10.1 Å². The van der Waals surface area contributed by atoms with Gasteiger partial charge in [0.15, 0.2) is 0 Å². The van der Waals surface area contributed by atoms with Crippen molar-refractivity contribution in [2.24, 2.45) is 0 Å². The van der Waals surface area contributed by atoms with Crippen LogP contribution >= 0.6 is 23.4 Å². The van der Waals surface area contributed by atoms with Gasteiger partial charge in [0.25, 0.3) is 5.69 Å². The number of halogens is 1. The summed E-state index contributed by atoms with van der Waals surface area (Å²) in [5, 5.41) is 11.1. The van der Waals surface area contributed by atoms with Gasteiger partial charge >= 0.3 is 0 Å². The molecular weight excluding hydrogens is 246 g/mol. The molecule has 0 saturated heterocycles. The minimum absolute atomic E-state index is 0.183. The average molecular weight is 260 g/mol. The molecule has 1 atom stereocenters. The number of aryl methyl sites for hydroxylation is 1. The molecule has 0 fully saturated rings. The van der Waals surface area contributed by atoms with E-state index in [-0.39, 0.29) is 10.6 Å². The number of hydrogen-bond donors (Lipinski definition) is 0. The Labute approximate surface area is 104 Å². The smallest absolute Gasteiger partial charge is 0.258 e. The molecule has 0 aromatic heterocycles. The first-order valence-electron chi connectivity index (χ1n) is 5.02. The Bertz CT molecular complexity index is 384. The Morgan fingerprint density at radius 3 is 2.81 bits per heavy atom.